The summed E-state index contributed by atoms with van der Waals surface area (Å²) in [4.78, 5) is 0. The molecule has 1 heterocycles. The van der Waals surface area contributed by atoms with Gasteiger partial charge >= 0.3 is 0 Å². The lowest BCUT2D eigenvalue weighted by Crippen LogP contribution is -1.95. The van der Waals surface area contributed by atoms with Crippen LogP contribution < -0.4 is 5.73 Å². The van der Waals surface area contributed by atoms with E-state index in [1.807, 2.05) is 6.92 Å². The number of benzene rings is 1. The number of aryl methyl sites for hydroxylation is 1. The fourth-order valence-electron chi connectivity index (χ4n) is 1.34. The molecule has 0 saturated carbocycles. The fraction of sp³-hybridized carbons (Fsp3) is 0.273. The number of hydrogen-bond acceptors (Lipinski definition) is 5. The third-order valence-corrected chi connectivity index (χ3v) is 3.15. The monoisotopic (exact) mass is 253 g/mol. The van der Waals surface area contributed by atoms with Crippen LogP contribution in [0.2, 0.25) is 0 Å². The molecule has 0 saturated heterocycles. The molecular formula is C11H12FN3OS. The zero-order valence-electron chi connectivity index (χ0n) is 9.31. The topological polar surface area (TPSA) is 64.9 Å². The molecule has 2 N–H and O–H groups in total. The smallest absolute Gasteiger partial charge is 0.276 e. The summed E-state index contributed by atoms with van der Waals surface area (Å²) in [5, 5.41) is 8.08. The van der Waals surface area contributed by atoms with E-state index in [1.165, 1.54) is 23.9 Å². The van der Waals surface area contributed by atoms with Gasteiger partial charge in [-0.2, -0.15) is 0 Å². The molecule has 0 amide bonds. The van der Waals surface area contributed by atoms with Crippen LogP contribution >= 0.6 is 11.8 Å². The molecule has 2 rings (SSSR count). The van der Waals surface area contributed by atoms with Crippen LogP contribution in [-0.4, -0.2) is 10.2 Å². The average Bonchev–Trinajstić information content (AvgIpc) is 2.76. The Balaban J connectivity index is 2.02. The summed E-state index contributed by atoms with van der Waals surface area (Å²) in [7, 11) is 0. The zero-order valence-corrected chi connectivity index (χ0v) is 10.1. The van der Waals surface area contributed by atoms with Gasteiger partial charge in [0.1, 0.15) is 5.82 Å². The first-order chi connectivity index (χ1) is 8.19. The molecule has 0 spiro atoms. The number of nitrogens with zero attached hydrogens (tertiary/aromatic N) is 2. The predicted molar refractivity (Wildman–Crippen MR) is 62.9 cm³/mol. The van der Waals surface area contributed by atoms with Crippen molar-refractivity contribution in [2.45, 2.75) is 24.4 Å². The maximum atomic E-state index is 12.9. The number of nitrogens with two attached hydrogens (primary N) is 1. The van der Waals surface area contributed by atoms with Crippen LogP contribution in [0, 0.1) is 12.7 Å². The average molecular weight is 253 g/mol. The maximum absolute atomic E-state index is 12.9. The van der Waals surface area contributed by atoms with Crippen molar-refractivity contribution in [3.63, 3.8) is 0 Å². The van der Waals surface area contributed by atoms with Crippen molar-refractivity contribution < 1.29 is 8.81 Å². The van der Waals surface area contributed by atoms with Crippen molar-refractivity contribution in [2.75, 3.05) is 0 Å². The van der Waals surface area contributed by atoms with E-state index < -0.39 is 0 Å². The Morgan fingerprint density at radius 2 is 2.24 bits per heavy atom. The Bertz CT molecular complexity index is 515. The summed E-state index contributed by atoms with van der Waals surface area (Å²) in [5.74, 6) is 0.862. The summed E-state index contributed by atoms with van der Waals surface area (Å²) in [6, 6.07) is 4.72. The maximum Gasteiger partial charge on any atom is 0.276 e. The van der Waals surface area contributed by atoms with Crippen LogP contribution in [0.25, 0.3) is 0 Å². The van der Waals surface area contributed by atoms with Gasteiger partial charge in [0.15, 0.2) is 0 Å². The Kier molecular flexibility index (Phi) is 3.75. The van der Waals surface area contributed by atoms with E-state index in [4.69, 9.17) is 10.2 Å². The van der Waals surface area contributed by atoms with Crippen LogP contribution in [0.3, 0.4) is 0 Å². The lowest BCUT2D eigenvalue weighted by atomic mass is 10.1. The zero-order chi connectivity index (χ0) is 12.3. The van der Waals surface area contributed by atoms with E-state index in [-0.39, 0.29) is 12.4 Å². The van der Waals surface area contributed by atoms with E-state index in [0.717, 1.165) is 11.1 Å². The first kappa shape index (κ1) is 12.1. The van der Waals surface area contributed by atoms with E-state index in [1.54, 1.807) is 6.07 Å². The Morgan fingerprint density at radius 3 is 2.88 bits per heavy atom. The minimum atomic E-state index is -0.223. The molecule has 0 aliphatic heterocycles. The highest BCUT2D eigenvalue weighted by molar-refractivity contribution is 7.98. The Labute approximate surface area is 102 Å². The van der Waals surface area contributed by atoms with E-state index in [9.17, 15) is 4.39 Å². The molecule has 1 aromatic carbocycles. The van der Waals surface area contributed by atoms with Gasteiger partial charge < -0.3 is 10.2 Å². The lowest BCUT2D eigenvalue weighted by Gasteiger charge is -2.03. The van der Waals surface area contributed by atoms with Gasteiger partial charge in [-0.25, -0.2) is 4.39 Å². The molecule has 0 aliphatic rings. The predicted octanol–water partition coefficient (Wildman–Crippen LogP) is 2.27. The Hall–Kier alpha value is -1.40. The van der Waals surface area contributed by atoms with Crippen molar-refractivity contribution >= 4 is 11.8 Å². The van der Waals surface area contributed by atoms with Crippen molar-refractivity contribution in [3.05, 3.63) is 41.0 Å². The first-order valence-corrected chi connectivity index (χ1v) is 6.08. The van der Waals surface area contributed by atoms with Crippen molar-refractivity contribution in [3.8, 4) is 0 Å². The highest BCUT2D eigenvalue weighted by atomic mass is 32.2. The number of aromatic nitrogens is 2. The van der Waals surface area contributed by atoms with Crippen LogP contribution in [-0.2, 0) is 12.3 Å². The second kappa shape index (κ2) is 5.29. The SMILES string of the molecule is Cc1cc(F)ccc1CSc1nnc(CN)o1. The van der Waals surface area contributed by atoms with Gasteiger partial charge in [-0.3, -0.25) is 0 Å². The van der Waals surface area contributed by atoms with Gasteiger partial charge in [-0.15, -0.1) is 10.2 Å². The van der Waals surface area contributed by atoms with Gasteiger partial charge in [0.2, 0.25) is 5.89 Å². The molecule has 1 aromatic heterocycles. The normalized spacial score (nSPS) is 10.8. The van der Waals surface area contributed by atoms with E-state index in [2.05, 4.69) is 10.2 Å². The van der Waals surface area contributed by atoms with Crippen LogP contribution in [0.4, 0.5) is 4.39 Å². The molecule has 17 heavy (non-hydrogen) atoms. The van der Waals surface area contributed by atoms with Crippen LogP contribution in [0.1, 0.15) is 17.0 Å². The van der Waals surface area contributed by atoms with Crippen LogP contribution in [0.15, 0.2) is 27.8 Å². The molecule has 0 atom stereocenters. The Morgan fingerprint density at radius 1 is 1.41 bits per heavy atom. The second-order valence-electron chi connectivity index (χ2n) is 3.53. The second-order valence-corrected chi connectivity index (χ2v) is 4.45. The summed E-state index contributed by atoms with van der Waals surface area (Å²) in [6.45, 7) is 2.11. The molecule has 0 fully saturated rings. The quantitative estimate of drug-likeness (QED) is 0.847. The molecule has 6 heteroatoms. The molecule has 90 valence electrons. The third kappa shape index (κ3) is 3.04. The van der Waals surface area contributed by atoms with Gasteiger partial charge in [-0.05, 0) is 30.2 Å². The third-order valence-electron chi connectivity index (χ3n) is 2.28. The van der Waals surface area contributed by atoms with Gasteiger partial charge in [0, 0.05) is 5.75 Å². The molecule has 0 unspecified atom stereocenters. The molecule has 0 aliphatic carbocycles. The summed E-state index contributed by atoms with van der Waals surface area (Å²) >= 11 is 1.41. The van der Waals surface area contributed by atoms with E-state index >= 15 is 0 Å². The summed E-state index contributed by atoms with van der Waals surface area (Å²) < 4.78 is 18.2. The minimum absolute atomic E-state index is 0.223. The molecule has 4 nitrogen and oxygen atoms in total. The van der Waals surface area contributed by atoms with Crippen molar-refractivity contribution in [1.82, 2.24) is 10.2 Å². The first-order valence-electron chi connectivity index (χ1n) is 5.09. The molecule has 0 bridgehead atoms. The van der Waals surface area contributed by atoms with Crippen molar-refractivity contribution in [2.24, 2.45) is 5.73 Å². The van der Waals surface area contributed by atoms with Gasteiger partial charge in [-0.1, -0.05) is 17.8 Å². The standard InChI is InChI=1S/C11H12FN3OS/c1-7-4-9(12)3-2-8(7)6-17-11-15-14-10(5-13)16-11/h2-4H,5-6,13H2,1H3. The molecular weight excluding hydrogens is 241 g/mol. The van der Waals surface area contributed by atoms with Crippen LogP contribution in [0.5, 0.6) is 0 Å². The van der Waals surface area contributed by atoms with Gasteiger partial charge in [0.25, 0.3) is 5.22 Å². The van der Waals surface area contributed by atoms with E-state index in [0.29, 0.717) is 16.9 Å². The molecule has 2 aromatic rings. The molecule has 0 radical (unpaired) electrons. The highest BCUT2D eigenvalue weighted by Gasteiger charge is 2.07. The summed E-state index contributed by atoms with van der Waals surface area (Å²) in [5.41, 5.74) is 7.32. The van der Waals surface area contributed by atoms with Gasteiger partial charge in [0.05, 0.1) is 6.54 Å². The number of hydrogen-bond donors (Lipinski definition) is 1. The highest BCUT2D eigenvalue weighted by Crippen LogP contribution is 2.23. The lowest BCUT2D eigenvalue weighted by molar-refractivity contribution is 0.415. The summed E-state index contributed by atoms with van der Waals surface area (Å²) in [6.07, 6.45) is 0. The number of rotatable bonds is 4. The largest absolute Gasteiger partial charge is 0.415 e. The fourth-order valence-corrected chi connectivity index (χ4v) is 2.20. The number of halogens is 1. The minimum Gasteiger partial charge on any atom is -0.415 e. The van der Waals surface area contributed by atoms with Crippen molar-refractivity contribution in [1.29, 1.82) is 0 Å². The number of thioether (sulfide) groups is 1.